The molecule has 0 aliphatic carbocycles. The SMILES string of the molecule is COc1cccc(CCC(=O)N2C[C@@H]3CN(C(=O)C(C)C)C[C@]3(C(=O)N3CCCC3)C2)c1. The molecule has 1 aromatic carbocycles. The van der Waals surface area contributed by atoms with Crippen LogP contribution in [0.3, 0.4) is 0 Å². The molecule has 1 aromatic rings. The van der Waals surface area contributed by atoms with Gasteiger partial charge in [0.05, 0.1) is 12.5 Å². The predicted octanol–water partition coefficient (Wildman–Crippen LogP) is 2.19. The van der Waals surface area contributed by atoms with Gasteiger partial charge >= 0.3 is 0 Å². The number of ether oxygens (including phenoxy) is 1. The summed E-state index contributed by atoms with van der Waals surface area (Å²) >= 11 is 0. The van der Waals surface area contributed by atoms with E-state index in [1.165, 1.54) is 0 Å². The highest BCUT2D eigenvalue weighted by atomic mass is 16.5. The number of hydrogen-bond donors (Lipinski definition) is 0. The summed E-state index contributed by atoms with van der Waals surface area (Å²) in [5.41, 5.74) is 0.411. The maximum atomic E-state index is 13.6. The van der Waals surface area contributed by atoms with Gasteiger partial charge in [0.2, 0.25) is 17.7 Å². The highest BCUT2D eigenvalue weighted by Crippen LogP contribution is 2.45. The molecule has 3 fully saturated rings. The quantitative estimate of drug-likeness (QED) is 0.679. The molecule has 4 rings (SSSR count). The largest absolute Gasteiger partial charge is 0.497 e. The van der Waals surface area contributed by atoms with Gasteiger partial charge in [-0.15, -0.1) is 0 Å². The third-order valence-corrected chi connectivity index (χ3v) is 7.35. The van der Waals surface area contributed by atoms with Gasteiger partial charge in [0.25, 0.3) is 0 Å². The van der Waals surface area contributed by atoms with Crippen LogP contribution in [0, 0.1) is 17.3 Å². The Hall–Kier alpha value is -2.57. The molecule has 7 heteroatoms. The van der Waals surface area contributed by atoms with Crippen LogP contribution in [0.1, 0.15) is 38.7 Å². The van der Waals surface area contributed by atoms with Crippen LogP contribution < -0.4 is 4.74 Å². The van der Waals surface area contributed by atoms with Gasteiger partial charge < -0.3 is 19.4 Å². The normalized spacial score (nSPS) is 24.9. The molecule has 7 nitrogen and oxygen atoms in total. The Balaban J connectivity index is 1.47. The Labute approximate surface area is 190 Å². The minimum absolute atomic E-state index is 0.0130. The third-order valence-electron chi connectivity index (χ3n) is 7.35. The van der Waals surface area contributed by atoms with Crippen LogP contribution in [0.25, 0.3) is 0 Å². The van der Waals surface area contributed by atoms with Gasteiger partial charge in [0.1, 0.15) is 5.75 Å². The fourth-order valence-corrected chi connectivity index (χ4v) is 5.56. The van der Waals surface area contributed by atoms with E-state index in [-0.39, 0.29) is 29.6 Å². The lowest BCUT2D eigenvalue weighted by Crippen LogP contribution is -2.49. The molecule has 3 aliphatic heterocycles. The second kappa shape index (κ2) is 9.12. The lowest BCUT2D eigenvalue weighted by Gasteiger charge is -2.32. The van der Waals surface area contributed by atoms with Gasteiger partial charge in [0, 0.05) is 57.5 Å². The molecule has 174 valence electrons. The average molecular weight is 442 g/mol. The molecular weight excluding hydrogens is 406 g/mol. The Morgan fingerprint density at radius 3 is 2.44 bits per heavy atom. The third kappa shape index (κ3) is 4.21. The Morgan fingerprint density at radius 2 is 1.75 bits per heavy atom. The summed E-state index contributed by atoms with van der Waals surface area (Å²) in [5.74, 6) is 1.03. The number of likely N-dealkylation sites (tertiary alicyclic amines) is 3. The second-order valence-electron chi connectivity index (χ2n) is 9.85. The van der Waals surface area contributed by atoms with Gasteiger partial charge in [-0.05, 0) is 37.0 Å². The summed E-state index contributed by atoms with van der Waals surface area (Å²) in [5, 5.41) is 0. The lowest BCUT2D eigenvalue weighted by atomic mass is 9.79. The predicted molar refractivity (Wildman–Crippen MR) is 121 cm³/mol. The van der Waals surface area contributed by atoms with Crippen molar-refractivity contribution in [3.8, 4) is 5.75 Å². The molecule has 0 spiro atoms. The van der Waals surface area contributed by atoms with Gasteiger partial charge in [-0.2, -0.15) is 0 Å². The highest BCUT2D eigenvalue weighted by Gasteiger charge is 2.60. The molecule has 0 bridgehead atoms. The molecule has 3 aliphatic rings. The molecule has 3 heterocycles. The van der Waals surface area contributed by atoms with Crippen LogP contribution in [0.5, 0.6) is 5.75 Å². The topological polar surface area (TPSA) is 70.2 Å². The number of methoxy groups -OCH3 is 1. The maximum absolute atomic E-state index is 13.6. The van der Waals surface area contributed by atoms with Gasteiger partial charge in [-0.3, -0.25) is 14.4 Å². The monoisotopic (exact) mass is 441 g/mol. The van der Waals surface area contributed by atoms with E-state index in [9.17, 15) is 14.4 Å². The number of carbonyl (C=O) groups excluding carboxylic acids is 3. The standard InChI is InChI=1S/C25H35N3O4/c1-18(2)23(30)28-15-20-14-27(16-25(20,17-28)24(31)26-11-4-5-12-26)22(29)10-9-19-7-6-8-21(13-19)32-3/h6-8,13,18,20H,4-5,9-12,14-17H2,1-3H3/t20-,25-/m1/s1. The molecule has 0 unspecified atom stereocenters. The number of benzene rings is 1. The summed E-state index contributed by atoms with van der Waals surface area (Å²) in [7, 11) is 1.64. The van der Waals surface area contributed by atoms with Crippen LogP contribution in [0.4, 0.5) is 0 Å². The summed E-state index contributed by atoms with van der Waals surface area (Å²) < 4.78 is 5.28. The van der Waals surface area contributed by atoms with Crippen LogP contribution >= 0.6 is 0 Å². The number of hydrogen-bond acceptors (Lipinski definition) is 4. The molecule has 2 atom stereocenters. The molecule has 0 saturated carbocycles. The van der Waals surface area contributed by atoms with E-state index < -0.39 is 5.41 Å². The summed E-state index contributed by atoms with van der Waals surface area (Å²) in [6.07, 6.45) is 3.11. The van der Waals surface area contributed by atoms with Crippen LogP contribution in [0.15, 0.2) is 24.3 Å². The van der Waals surface area contributed by atoms with Crippen LogP contribution in [-0.4, -0.2) is 78.8 Å². The fraction of sp³-hybridized carbons (Fsp3) is 0.640. The number of nitrogens with zero attached hydrogens (tertiary/aromatic N) is 3. The summed E-state index contributed by atoms with van der Waals surface area (Å²) in [6.45, 7) is 7.36. The first-order chi connectivity index (χ1) is 15.3. The maximum Gasteiger partial charge on any atom is 0.232 e. The fourth-order valence-electron chi connectivity index (χ4n) is 5.56. The van der Waals surface area contributed by atoms with Crippen molar-refractivity contribution in [2.45, 2.75) is 39.5 Å². The summed E-state index contributed by atoms with van der Waals surface area (Å²) in [4.78, 5) is 45.1. The lowest BCUT2D eigenvalue weighted by molar-refractivity contribution is -0.142. The molecular formula is C25H35N3O4. The Kier molecular flexibility index (Phi) is 6.45. The molecule has 0 aromatic heterocycles. The summed E-state index contributed by atoms with van der Waals surface area (Å²) in [6, 6.07) is 7.79. The van der Waals surface area contributed by atoms with Crippen molar-refractivity contribution < 1.29 is 19.1 Å². The number of aryl methyl sites for hydroxylation is 1. The van der Waals surface area contributed by atoms with Crippen molar-refractivity contribution in [2.24, 2.45) is 17.3 Å². The van der Waals surface area contributed by atoms with Crippen LogP contribution in [-0.2, 0) is 20.8 Å². The number of amides is 3. The van der Waals surface area contributed by atoms with E-state index in [0.717, 1.165) is 37.2 Å². The number of carbonyl (C=O) groups is 3. The molecule has 0 radical (unpaired) electrons. The van der Waals surface area contributed by atoms with Gasteiger partial charge in [-0.25, -0.2) is 0 Å². The first-order valence-electron chi connectivity index (χ1n) is 11.8. The van der Waals surface area contributed by atoms with Crippen molar-refractivity contribution in [3.05, 3.63) is 29.8 Å². The Bertz CT molecular complexity index is 880. The molecule has 32 heavy (non-hydrogen) atoms. The molecule has 0 N–H and O–H groups in total. The second-order valence-corrected chi connectivity index (χ2v) is 9.85. The van der Waals surface area contributed by atoms with Crippen molar-refractivity contribution in [3.63, 3.8) is 0 Å². The molecule has 3 saturated heterocycles. The van der Waals surface area contributed by atoms with Gasteiger partial charge in [0.15, 0.2) is 0 Å². The van der Waals surface area contributed by atoms with E-state index in [1.54, 1.807) is 7.11 Å². The van der Waals surface area contributed by atoms with Crippen molar-refractivity contribution >= 4 is 17.7 Å². The van der Waals surface area contributed by atoms with Crippen molar-refractivity contribution in [1.82, 2.24) is 14.7 Å². The van der Waals surface area contributed by atoms with E-state index >= 15 is 0 Å². The zero-order valence-corrected chi connectivity index (χ0v) is 19.5. The number of fused-ring (bicyclic) bond motifs is 1. The smallest absolute Gasteiger partial charge is 0.232 e. The minimum Gasteiger partial charge on any atom is -0.497 e. The van der Waals surface area contributed by atoms with Crippen LogP contribution in [0.2, 0.25) is 0 Å². The first-order valence-corrected chi connectivity index (χ1v) is 11.8. The van der Waals surface area contributed by atoms with E-state index in [1.807, 2.05) is 52.8 Å². The Morgan fingerprint density at radius 1 is 1.06 bits per heavy atom. The first kappa shape index (κ1) is 22.6. The molecule has 3 amide bonds. The average Bonchev–Trinajstić information content (AvgIpc) is 3.51. The van der Waals surface area contributed by atoms with E-state index in [4.69, 9.17) is 4.74 Å². The zero-order valence-electron chi connectivity index (χ0n) is 19.5. The van der Waals surface area contributed by atoms with E-state index in [2.05, 4.69) is 0 Å². The van der Waals surface area contributed by atoms with Crippen molar-refractivity contribution in [1.29, 1.82) is 0 Å². The minimum atomic E-state index is -0.652. The zero-order chi connectivity index (χ0) is 22.9. The number of rotatable bonds is 6. The van der Waals surface area contributed by atoms with E-state index in [0.29, 0.717) is 39.0 Å². The van der Waals surface area contributed by atoms with Crippen molar-refractivity contribution in [2.75, 3.05) is 46.4 Å². The van der Waals surface area contributed by atoms with Gasteiger partial charge in [-0.1, -0.05) is 26.0 Å². The highest BCUT2D eigenvalue weighted by molar-refractivity contribution is 5.88.